The molecule has 162 valence electrons. The minimum Gasteiger partial charge on any atom is -0.495 e. The Kier molecular flexibility index (Phi) is 5.55. The number of anilines is 1. The van der Waals surface area contributed by atoms with Gasteiger partial charge in [-0.05, 0) is 29.3 Å². The standard InChI is InChI=1S/C27H21N3O3/c1-32-23-13-12-20(27-30-22-17-28-15-14-24(22)33-27)16-21(23)29-26(31)25(18-8-4-2-5-9-18)19-10-6-3-7-11-19/h2-17,25H,1H3,(H,29,31). The number of aromatic nitrogens is 2. The van der Waals surface area contributed by atoms with Crippen LogP contribution in [0.2, 0.25) is 0 Å². The van der Waals surface area contributed by atoms with E-state index in [1.165, 1.54) is 0 Å². The number of nitrogens with zero attached hydrogens (tertiary/aromatic N) is 2. The Hall–Kier alpha value is -4.45. The zero-order valence-corrected chi connectivity index (χ0v) is 17.9. The van der Waals surface area contributed by atoms with Gasteiger partial charge in [-0.2, -0.15) is 0 Å². The maximum Gasteiger partial charge on any atom is 0.236 e. The number of rotatable bonds is 6. The van der Waals surface area contributed by atoms with Crippen molar-refractivity contribution in [1.29, 1.82) is 0 Å². The van der Waals surface area contributed by atoms with Crippen molar-refractivity contribution < 1.29 is 13.9 Å². The largest absolute Gasteiger partial charge is 0.495 e. The second kappa shape index (κ2) is 8.96. The van der Waals surface area contributed by atoms with E-state index in [2.05, 4.69) is 15.3 Å². The second-order valence-electron chi connectivity index (χ2n) is 7.52. The van der Waals surface area contributed by atoms with Crippen molar-refractivity contribution >= 4 is 22.7 Å². The molecule has 6 heteroatoms. The molecule has 0 radical (unpaired) electrons. The molecule has 0 saturated heterocycles. The SMILES string of the molecule is COc1ccc(-c2nc3cnccc3o2)cc1NC(=O)C(c1ccccc1)c1ccccc1. The Bertz CT molecular complexity index is 1330. The molecule has 0 atom stereocenters. The summed E-state index contributed by atoms with van der Waals surface area (Å²) in [5, 5.41) is 3.06. The summed E-state index contributed by atoms with van der Waals surface area (Å²) >= 11 is 0. The molecular weight excluding hydrogens is 414 g/mol. The van der Waals surface area contributed by atoms with Crippen LogP contribution in [0.4, 0.5) is 5.69 Å². The molecule has 0 bridgehead atoms. The molecule has 0 aliphatic rings. The number of nitrogens with one attached hydrogen (secondary N) is 1. The Morgan fingerprint density at radius 2 is 1.64 bits per heavy atom. The van der Waals surface area contributed by atoms with E-state index in [4.69, 9.17) is 9.15 Å². The summed E-state index contributed by atoms with van der Waals surface area (Å²) in [5.74, 6) is 0.351. The van der Waals surface area contributed by atoms with Crippen LogP contribution in [0.3, 0.4) is 0 Å². The van der Waals surface area contributed by atoms with Crippen LogP contribution >= 0.6 is 0 Å². The zero-order chi connectivity index (χ0) is 22.6. The quantitative estimate of drug-likeness (QED) is 0.372. The smallest absolute Gasteiger partial charge is 0.236 e. The highest BCUT2D eigenvalue weighted by molar-refractivity contribution is 5.99. The highest BCUT2D eigenvalue weighted by Crippen LogP contribution is 2.33. The van der Waals surface area contributed by atoms with Crippen LogP contribution in [0.5, 0.6) is 5.75 Å². The van der Waals surface area contributed by atoms with E-state index in [0.717, 1.165) is 16.7 Å². The van der Waals surface area contributed by atoms with Gasteiger partial charge in [-0.25, -0.2) is 4.98 Å². The molecule has 1 N–H and O–H groups in total. The van der Waals surface area contributed by atoms with Gasteiger partial charge in [0.25, 0.3) is 0 Å². The summed E-state index contributed by atoms with van der Waals surface area (Å²) in [5.41, 5.74) is 4.39. The van der Waals surface area contributed by atoms with Crippen LogP contribution in [0.25, 0.3) is 22.6 Å². The van der Waals surface area contributed by atoms with Crippen molar-refractivity contribution in [2.75, 3.05) is 12.4 Å². The average molecular weight is 435 g/mol. The molecule has 0 spiro atoms. The van der Waals surface area contributed by atoms with E-state index in [1.807, 2.05) is 72.8 Å². The van der Waals surface area contributed by atoms with Crippen molar-refractivity contribution in [3.63, 3.8) is 0 Å². The number of oxazole rings is 1. The third-order valence-electron chi connectivity index (χ3n) is 5.42. The zero-order valence-electron chi connectivity index (χ0n) is 17.9. The lowest BCUT2D eigenvalue weighted by Crippen LogP contribution is -2.22. The van der Waals surface area contributed by atoms with Gasteiger partial charge in [0, 0.05) is 17.8 Å². The Balaban J connectivity index is 1.51. The normalized spacial score (nSPS) is 11.0. The van der Waals surface area contributed by atoms with E-state index in [1.54, 1.807) is 31.6 Å². The number of ether oxygens (including phenoxy) is 1. The first-order chi connectivity index (χ1) is 16.2. The Labute approximate surface area is 190 Å². The lowest BCUT2D eigenvalue weighted by atomic mass is 9.90. The first-order valence-electron chi connectivity index (χ1n) is 10.5. The number of amides is 1. The molecule has 0 aliphatic carbocycles. The first kappa shape index (κ1) is 20.5. The number of pyridine rings is 1. The minimum atomic E-state index is -0.476. The predicted molar refractivity (Wildman–Crippen MR) is 127 cm³/mol. The Morgan fingerprint density at radius 1 is 0.939 bits per heavy atom. The molecule has 0 aliphatic heterocycles. The van der Waals surface area contributed by atoms with Gasteiger partial charge >= 0.3 is 0 Å². The molecule has 0 unspecified atom stereocenters. The lowest BCUT2D eigenvalue weighted by Gasteiger charge is -2.19. The summed E-state index contributed by atoms with van der Waals surface area (Å²) in [6, 6.07) is 26.6. The summed E-state index contributed by atoms with van der Waals surface area (Å²) in [7, 11) is 1.57. The number of fused-ring (bicyclic) bond motifs is 1. The highest BCUT2D eigenvalue weighted by atomic mass is 16.5. The molecule has 0 fully saturated rings. The summed E-state index contributed by atoms with van der Waals surface area (Å²) in [6.07, 6.45) is 3.31. The maximum atomic E-state index is 13.6. The molecule has 3 aromatic carbocycles. The van der Waals surface area contributed by atoms with Gasteiger partial charge in [-0.1, -0.05) is 60.7 Å². The van der Waals surface area contributed by atoms with Gasteiger partial charge in [0.1, 0.15) is 11.3 Å². The van der Waals surface area contributed by atoms with Crippen LogP contribution in [-0.4, -0.2) is 23.0 Å². The van der Waals surface area contributed by atoms with Gasteiger partial charge in [0.15, 0.2) is 5.58 Å². The van der Waals surface area contributed by atoms with Crippen LogP contribution < -0.4 is 10.1 Å². The predicted octanol–water partition coefficient (Wildman–Crippen LogP) is 5.67. The molecule has 5 aromatic rings. The van der Waals surface area contributed by atoms with Gasteiger partial charge in [0.05, 0.1) is 24.9 Å². The van der Waals surface area contributed by atoms with Crippen molar-refractivity contribution in [3.05, 3.63) is 108 Å². The van der Waals surface area contributed by atoms with Crippen molar-refractivity contribution in [1.82, 2.24) is 9.97 Å². The lowest BCUT2D eigenvalue weighted by molar-refractivity contribution is -0.116. The molecule has 5 rings (SSSR count). The monoisotopic (exact) mass is 435 g/mol. The number of hydrogen-bond donors (Lipinski definition) is 1. The maximum absolute atomic E-state index is 13.6. The fraction of sp³-hybridized carbons (Fsp3) is 0.0741. The van der Waals surface area contributed by atoms with Crippen LogP contribution in [0.15, 0.2) is 102 Å². The van der Waals surface area contributed by atoms with E-state index in [9.17, 15) is 4.79 Å². The Morgan fingerprint density at radius 3 is 2.27 bits per heavy atom. The fourth-order valence-corrected chi connectivity index (χ4v) is 3.83. The van der Waals surface area contributed by atoms with E-state index >= 15 is 0 Å². The van der Waals surface area contributed by atoms with E-state index in [0.29, 0.717) is 28.4 Å². The van der Waals surface area contributed by atoms with E-state index < -0.39 is 5.92 Å². The molecule has 2 aromatic heterocycles. The topological polar surface area (TPSA) is 77.2 Å². The molecule has 2 heterocycles. The van der Waals surface area contributed by atoms with Crippen molar-refractivity contribution in [2.45, 2.75) is 5.92 Å². The van der Waals surface area contributed by atoms with Gasteiger partial charge < -0.3 is 14.5 Å². The van der Waals surface area contributed by atoms with Crippen LogP contribution in [0.1, 0.15) is 17.0 Å². The van der Waals surface area contributed by atoms with E-state index in [-0.39, 0.29) is 5.91 Å². The fourth-order valence-electron chi connectivity index (χ4n) is 3.83. The van der Waals surface area contributed by atoms with Gasteiger partial charge in [0.2, 0.25) is 11.8 Å². The minimum absolute atomic E-state index is 0.162. The molecule has 6 nitrogen and oxygen atoms in total. The molecule has 1 amide bonds. The van der Waals surface area contributed by atoms with Crippen LogP contribution in [-0.2, 0) is 4.79 Å². The summed E-state index contributed by atoms with van der Waals surface area (Å²) in [4.78, 5) is 22.1. The number of carbonyl (C=O) groups excluding carboxylic acids is 1. The number of carbonyl (C=O) groups is 1. The van der Waals surface area contributed by atoms with Crippen molar-refractivity contribution in [2.24, 2.45) is 0 Å². The first-order valence-corrected chi connectivity index (χ1v) is 10.5. The summed E-state index contributed by atoms with van der Waals surface area (Å²) in [6.45, 7) is 0. The third-order valence-corrected chi connectivity index (χ3v) is 5.42. The van der Waals surface area contributed by atoms with Gasteiger partial charge in [-0.15, -0.1) is 0 Å². The number of hydrogen-bond acceptors (Lipinski definition) is 5. The number of methoxy groups -OCH3 is 1. The highest BCUT2D eigenvalue weighted by Gasteiger charge is 2.24. The second-order valence-corrected chi connectivity index (χ2v) is 7.52. The molecule has 0 saturated carbocycles. The van der Waals surface area contributed by atoms with Crippen LogP contribution in [0, 0.1) is 0 Å². The van der Waals surface area contributed by atoms with Gasteiger partial charge in [-0.3, -0.25) is 9.78 Å². The third kappa shape index (κ3) is 4.19. The average Bonchev–Trinajstić information content (AvgIpc) is 3.30. The summed E-state index contributed by atoms with van der Waals surface area (Å²) < 4.78 is 11.4. The number of benzene rings is 3. The van der Waals surface area contributed by atoms with Crippen molar-refractivity contribution in [3.8, 4) is 17.2 Å². The molecule has 33 heavy (non-hydrogen) atoms. The molecular formula is C27H21N3O3.